The molecule has 2 aromatic carbocycles. The average Bonchev–Trinajstić information content (AvgIpc) is 3.28. The molecule has 168 valence electrons. The van der Waals surface area contributed by atoms with Crippen LogP contribution >= 0.6 is 11.3 Å². The first-order chi connectivity index (χ1) is 15.4. The summed E-state index contributed by atoms with van der Waals surface area (Å²) in [5.41, 5.74) is 1.82. The summed E-state index contributed by atoms with van der Waals surface area (Å²) in [6, 6.07) is 13.3. The van der Waals surface area contributed by atoms with Gasteiger partial charge in [-0.25, -0.2) is 8.42 Å². The highest BCUT2D eigenvalue weighted by Crippen LogP contribution is 2.30. The minimum absolute atomic E-state index is 0.195. The third kappa shape index (κ3) is 4.67. The van der Waals surface area contributed by atoms with E-state index in [0.717, 1.165) is 29.7 Å². The number of nitrogens with zero attached hydrogens (tertiary/aromatic N) is 3. The summed E-state index contributed by atoms with van der Waals surface area (Å²) in [4.78, 5) is 13.2. The van der Waals surface area contributed by atoms with Crippen LogP contribution in [0.15, 0.2) is 53.4 Å². The van der Waals surface area contributed by atoms with Gasteiger partial charge < -0.3 is 4.74 Å². The van der Waals surface area contributed by atoms with Crippen LogP contribution in [0.2, 0.25) is 0 Å². The molecule has 1 saturated heterocycles. The number of ether oxygens (including phenoxy) is 1. The van der Waals surface area contributed by atoms with Crippen LogP contribution in [0, 0.1) is 6.92 Å². The van der Waals surface area contributed by atoms with Gasteiger partial charge in [-0.15, -0.1) is 10.2 Å². The van der Waals surface area contributed by atoms with E-state index in [1.54, 1.807) is 31.4 Å². The number of amides is 1. The molecule has 0 bridgehead atoms. The number of methoxy groups -OCH3 is 1. The fourth-order valence-corrected chi connectivity index (χ4v) is 6.02. The summed E-state index contributed by atoms with van der Waals surface area (Å²) in [7, 11) is -2.18. The standard InChI is InChI=1S/C22H24N4O4S2/c1-15-6-12-18(13-7-15)32(28,29)26-14-4-3-5-19(26)20(27)23-22-25-24-21(31-22)16-8-10-17(30-2)11-9-16/h6-13,19H,3-5,14H2,1-2H3,(H,23,25,27)/t19-/m1/s1. The molecule has 3 aromatic rings. The lowest BCUT2D eigenvalue weighted by atomic mass is 10.0. The highest BCUT2D eigenvalue weighted by molar-refractivity contribution is 7.89. The molecule has 2 heterocycles. The van der Waals surface area contributed by atoms with Gasteiger partial charge in [0.05, 0.1) is 12.0 Å². The Bertz CT molecular complexity index is 1190. The normalized spacial score (nSPS) is 17.1. The number of carbonyl (C=O) groups excluding carboxylic acids is 1. The average molecular weight is 473 g/mol. The second-order valence-corrected chi connectivity index (χ2v) is 10.4. The molecule has 32 heavy (non-hydrogen) atoms. The zero-order chi connectivity index (χ0) is 22.7. The SMILES string of the molecule is COc1ccc(-c2nnc(NC(=O)[C@H]3CCCCN3S(=O)(=O)c3ccc(C)cc3)s2)cc1. The van der Waals surface area contributed by atoms with Gasteiger partial charge in [-0.1, -0.05) is 35.5 Å². The van der Waals surface area contributed by atoms with Crippen molar-refractivity contribution in [2.24, 2.45) is 0 Å². The second kappa shape index (κ2) is 9.35. The fraction of sp³-hybridized carbons (Fsp3) is 0.318. The third-order valence-electron chi connectivity index (χ3n) is 5.38. The van der Waals surface area contributed by atoms with Crippen LogP contribution in [0.4, 0.5) is 5.13 Å². The zero-order valence-corrected chi connectivity index (χ0v) is 19.4. The van der Waals surface area contributed by atoms with E-state index in [2.05, 4.69) is 15.5 Å². The Balaban J connectivity index is 1.51. The van der Waals surface area contributed by atoms with Crippen molar-refractivity contribution in [2.45, 2.75) is 37.1 Å². The van der Waals surface area contributed by atoms with Crippen LogP contribution in [0.1, 0.15) is 24.8 Å². The lowest BCUT2D eigenvalue weighted by Gasteiger charge is -2.33. The van der Waals surface area contributed by atoms with E-state index in [9.17, 15) is 13.2 Å². The predicted molar refractivity (Wildman–Crippen MR) is 123 cm³/mol. The topological polar surface area (TPSA) is 101 Å². The van der Waals surface area contributed by atoms with Crippen molar-refractivity contribution >= 4 is 32.4 Å². The van der Waals surface area contributed by atoms with E-state index in [1.807, 2.05) is 31.2 Å². The first-order valence-corrected chi connectivity index (χ1v) is 12.5. The minimum Gasteiger partial charge on any atom is -0.497 e. The van der Waals surface area contributed by atoms with Gasteiger partial charge in [0.1, 0.15) is 16.8 Å². The van der Waals surface area contributed by atoms with Gasteiger partial charge in [0, 0.05) is 12.1 Å². The summed E-state index contributed by atoms with van der Waals surface area (Å²) in [5, 5.41) is 12.0. The Hall–Kier alpha value is -2.82. The van der Waals surface area contributed by atoms with Crippen LogP contribution in [0.3, 0.4) is 0 Å². The number of hydrogen-bond donors (Lipinski definition) is 1. The Kier molecular flexibility index (Phi) is 6.54. The quantitative estimate of drug-likeness (QED) is 0.587. The van der Waals surface area contributed by atoms with Crippen LogP contribution < -0.4 is 10.1 Å². The van der Waals surface area contributed by atoms with E-state index in [4.69, 9.17) is 4.74 Å². The lowest BCUT2D eigenvalue weighted by Crippen LogP contribution is -2.49. The first kappa shape index (κ1) is 22.4. The molecular weight excluding hydrogens is 448 g/mol. The smallest absolute Gasteiger partial charge is 0.244 e. The maximum Gasteiger partial charge on any atom is 0.244 e. The molecule has 0 spiro atoms. The fourth-order valence-electron chi connectivity index (χ4n) is 3.61. The van der Waals surface area contributed by atoms with Gasteiger partial charge in [0.15, 0.2) is 0 Å². The van der Waals surface area contributed by atoms with E-state index in [-0.39, 0.29) is 4.90 Å². The number of carbonyl (C=O) groups is 1. The van der Waals surface area contributed by atoms with Gasteiger partial charge in [-0.3, -0.25) is 10.1 Å². The number of anilines is 1. The van der Waals surface area contributed by atoms with E-state index in [0.29, 0.717) is 23.1 Å². The van der Waals surface area contributed by atoms with Crippen LogP contribution in [-0.4, -0.2) is 48.5 Å². The number of aryl methyl sites for hydroxylation is 1. The van der Waals surface area contributed by atoms with E-state index >= 15 is 0 Å². The molecule has 4 rings (SSSR count). The minimum atomic E-state index is -3.78. The lowest BCUT2D eigenvalue weighted by molar-refractivity contribution is -0.120. The van der Waals surface area contributed by atoms with E-state index < -0.39 is 22.0 Å². The van der Waals surface area contributed by atoms with Crippen molar-refractivity contribution in [3.63, 3.8) is 0 Å². The van der Waals surface area contributed by atoms with Crippen molar-refractivity contribution in [3.05, 3.63) is 54.1 Å². The Morgan fingerprint density at radius 2 is 1.81 bits per heavy atom. The molecule has 1 aliphatic heterocycles. The summed E-state index contributed by atoms with van der Waals surface area (Å²) in [6.45, 7) is 2.21. The summed E-state index contributed by atoms with van der Waals surface area (Å²) in [6.07, 6.45) is 1.96. The molecular formula is C22H24N4O4S2. The molecule has 1 N–H and O–H groups in total. The number of nitrogens with one attached hydrogen (secondary N) is 1. The molecule has 10 heteroatoms. The molecule has 1 fully saturated rings. The second-order valence-electron chi connectivity index (χ2n) is 7.57. The maximum absolute atomic E-state index is 13.2. The molecule has 1 aromatic heterocycles. The predicted octanol–water partition coefficient (Wildman–Crippen LogP) is 3.70. The molecule has 0 unspecified atom stereocenters. The zero-order valence-electron chi connectivity index (χ0n) is 17.8. The van der Waals surface area contributed by atoms with Gasteiger partial charge in [0.25, 0.3) is 0 Å². The van der Waals surface area contributed by atoms with Gasteiger partial charge in [0.2, 0.25) is 21.1 Å². The number of aromatic nitrogens is 2. The number of rotatable bonds is 6. The van der Waals surface area contributed by atoms with Crippen molar-refractivity contribution < 1.29 is 17.9 Å². The molecule has 8 nitrogen and oxygen atoms in total. The van der Waals surface area contributed by atoms with Crippen LogP contribution in [0.5, 0.6) is 5.75 Å². The summed E-state index contributed by atoms with van der Waals surface area (Å²) >= 11 is 1.24. The van der Waals surface area contributed by atoms with Crippen LogP contribution in [0.25, 0.3) is 10.6 Å². The Morgan fingerprint density at radius 1 is 1.09 bits per heavy atom. The largest absolute Gasteiger partial charge is 0.497 e. The van der Waals surface area contributed by atoms with Crippen molar-refractivity contribution in [3.8, 4) is 16.3 Å². The van der Waals surface area contributed by atoms with Gasteiger partial charge in [-0.2, -0.15) is 4.31 Å². The number of hydrogen-bond acceptors (Lipinski definition) is 7. The van der Waals surface area contributed by atoms with Crippen LogP contribution in [-0.2, 0) is 14.8 Å². The molecule has 1 atom stereocenters. The highest BCUT2D eigenvalue weighted by atomic mass is 32.2. The first-order valence-electron chi connectivity index (χ1n) is 10.3. The van der Waals surface area contributed by atoms with Crippen molar-refractivity contribution in [2.75, 3.05) is 19.0 Å². The molecule has 1 amide bonds. The van der Waals surface area contributed by atoms with Gasteiger partial charge in [-0.05, 0) is 56.2 Å². The van der Waals surface area contributed by atoms with Crippen molar-refractivity contribution in [1.29, 1.82) is 0 Å². The number of benzene rings is 2. The Labute approximate surface area is 191 Å². The number of piperidine rings is 1. The molecule has 0 aliphatic carbocycles. The highest BCUT2D eigenvalue weighted by Gasteiger charge is 2.38. The summed E-state index contributed by atoms with van der Waals surface area (Å²) in [5.74, 6) is 0.344. The molecule has 0 radical (unpaired) electrons. The third-order valence-corrected chi connectivity index (χ3v) is 8.19. The number of sulfonamides is 1. The van der Waals surface area contributed by atoms with Crippen molar-refractivity contribution in [1.82, 2.24) is 14.5 Å². The maximum atomic E-state index is 13.2. The van der Waals surface area contributed by atoms with E-state index in [1.165, 1.54) is 15.6 Å². The summed E-state index contributed by atoms with van der Waals surface area (Å²) < 4.78 is 32.9. The monoisotopic (exact) mass is 472 g/mol. The van der Waals surface area contributed by atoms with Gasteiger partial charge >= 0.3 is 0 Å². The Morgan fingerprint density at radius 3 is 2.50 bits per heavy atom. The molecule has 0 saturated carbocycles. The molecule has 1 aliphatic rings.